The number of aliphatic hydroxyl groups is 3. The van der Waals surface area contributed by atoms with Crippen molar-refractivity contribution in [3.63, 3.8) is 0 Å². The fraction of sp³-hybridized carbons (Fsp3) is 0.462. The van der Waals surface area contributed by atoms with Gasteiger partial charge < -0.3 is 31.1 Å². The molecule has 6 N–H and O–H groups in total. The van der Waals surface area contributed by atoms with E-state index in [-0.39, 0.29) is 48.5 Å². The maximum absolute atomic E-state index is 13.8. The van der Waals surface area contributed by atoms with Gasteiger partial charge in [0.05, 0.1) is 18.2 Å². The topological polar surface area (TPSA) is 182 Å². The zero-order valence-electron chi connectivity index (χ0n) is 21.1. The zero-order chi connectivity index (χ0) is 27.6. The number of rotatable bonds is 6. The number of likely N-dealkylation sites (N-methyl/N-ethyl adjacent to an activating group) is 2. The van der Waals surface area contributed by atoms with Crippen LogP contribution in [0.1, 0.15) is 23.1 Å². The van der Waals surface area contributed by atoms with Gasteiger partial charge in [-0.05, 0) is 64.1 Å². The zero-order valence-corrected chi connectivity index (χ0v) is 21.1. The van der Waals surface area contributed by atoms with E-state index in [2.05, 4.69) is 0 Å². The Morgan fingerprint density at radius 2 is 1.76 bits per heavy atom. The Morgan fingerprint density at radius 3 is 2.32 bits per heavy atom. The number of hydrogen-bond donors (Lipinski definition) is 5. The van der Waals surface area contributed by atoms with E-state index in [0.717, 1.165) is 0 Å². The standard InChI is InChI=1S/C26H31N3O8/c1-28(2)10-13(30)7-11-5-6-16(31)18-14(11)8-12-9-15-20(29(3)4)22(33)19(25(27)36)24(35)26(15,37)23(34)17(12)21(18)32/h5-6,12,15,20,31-32,35,37H,7-10H2,1-4H3,(H2,27,36)/t12-,15-,20-,26-/m0/s1. The summed E-state index contributed by atoms with van der Waals surface area (Å²) in [5, 5.41) is 44.3. The summed E-state index contributed by atoms with van der Waals surface area (Å²) in [6, 6.07) is 1.77. The summed E-state index contributed by atoms with van der Waals surface area (Å²) in [5.74, 6) is -7.10. The third-order valence-corrected chi connectivity index (χ3v) is 7.58. The third-order valence-electron chi connectivity index (χ3n) is 7.58. The molecule has 11 heteroatoms. The molecule has 0 radical (unpaired) electrons. The van der Waals surface area contributed by atoms with Gasteiger partial charge in [-0.1, -0.05) is 6.07 Å². The fourth-order valence-corrected chi connectivity index (χ4v) is 6.09. The number of phenolic OH excluding ortho intramolecular Hbond substituents is 1. The molecule has 0 saturated heterocycles. The molecular weight excluding hydrogens is 482 g/mol. The number of carbonyl (C=O) groups is 4. The maximum Gasteiger partial charge on any atom is 0.255 e. The normalized spacial score (nSPS) is 27.4. The minimum atomic E-state index is -2.68. The van der Waals surface area contributed by atoms with Gasteiger partial charge in [-0.3, -0.25) is 24.1 Å². The van der Waals surface area contributed by atoms with Crippen LogP contribution in [0.25, 0.3) is 5.76 Å². The number of phenols is 1. The van der Waals surface area contributed by atoms with Crippen LogP contribution in [0.15, 0.2) is 29.0 Å². The molecule has 11 nitrogen and oxygen atoms in total. The molecule has 1 aromatic carbocycles. The fourth-order valence-electron chi connectivity index (χ4n) is 6.09. The van der Waals surface area contributed by atoms with Crippen LogP contribution in [0.5, 0.6) is 5.75 Å². The van der Waals surface area contributed by atoms with Crippen molar-refractivity contribution in [2.75, 3.05) is 34.7 Å². The molecule has 0 aliphatic heterocycles. The van der Waals surface area contributed by atoms with Crippen molar-refractivity contribution in [3.8, 4) is 5.75 Å². The number of nitrogens with two attached hydrogens (primary N) is 1. The lowest BCUT2D eigenvalue weighted by Gasteiger charge is -2.50. The quantitative estimate of drug-likeness (QED) is 0.315. The van der Waals surface area contributed by atoms with Crippen molar-refractivity contribution in [2.24, 2.45) is 17.6 Å². The van der Waals surface area contributed by atoms with Crippen molar-refractivity contribution in [1.82, 2.24) is 9.80 Å². The van der Waals surface area contributed by atoms with Gasteiger partial charge in [-0.15, -0.1) is 0 Å². The average molecular weight is 514 g/mol. The summed E-state index contributed by atoms with van der Waals surface area (Å²) in [5.41, 5.74) is 2.62. The van der Waals surface area contributed by atoms with Crippen LogP contribution in [0.3, 0.4) is 0 Å². The SMILES string of the molecule is CN(C)CC(=O)Cc1ccc(O)c2c1C[C@H]1C[C@H]3[C@H](N(C)C)C(=O)C(C(N)=O)=C(O)[C@@]3(O)C(=O)C1=C2O. The number of aliphatic hydroxyl groups excluding tert-OH is 2. The van der Waals surface area contributed by atoms with E-state index in [1.54, 1.807) is 39.2 Å². The highest BCUT2D eigenvalue weighted by molar-refractivity contribution is 6.24. The van der Waals surface area contributed by atoms with Gasteiger partial charge in [0.1, 0.15) is 22.8 Å². The van der Waals surface area contributed by atoms with E-state index in [9.17, 15) is 39.6 Å². The molecule has 1 fully saturated rings. The number of ketones is 3. The Bertz CT molecular complexity index is 1290. The minimum Gasteiger partial charge on any atom is -0.508 e. The number of primary amides is 1. The highest BCUT2D eigenvalue weighted by Gasteiger charge is 2.64. The molecule has 1 aromatic rings. The highest BCUT2D eigenvalue weighted by atomic mass is 16.3. The second kappa shape index (κ2) is 9.09. The molecule has 1 saturated carbocycles. The van der Waals surface area contributed by atoms with Gasteiger partial charge >= 0.3 is 0 Å². The first-order valence-electron chi connectivity index (χ1n) is 11.9. The Morgan fingerprint density at radius 1 is 1.11 bits per heavy atom. The number of benzene rings is 1. The maximum atomic E-state index is 13.8. The van der Waals surface area contributed by atoms with Gasteiger partial charge in [0.25, 0.3) is 5.91 Å². The van der Waals surface area contributed by atoms with E-state index in [1.807, 2.05) is 0 Å². The van der Waals surface area contributed by atoms with Crippen molar-refractivity contribution < 1.29 is 39.6 Å². The smallest absolute Gasteiger partial charge is 0.255 e. The van der Waals surface area contributed by atoms with Gasteiger partial charge in [0.15, 0.2) is 17.2 Å². The first kappa shape index (κ1) is 26.5. The monoisotopic (exact) mass is 513 g/mol. The summed E-state index contributed by atoms with van der Waals surface area (Å²) in [4.78, 5) is 54.7. The highest BCUT2D eigenvalue weighted by Crippen LogP contribution is 2.52. The molecule has 0 spiro atoms. The van der Waals surface area contributed by atoms with E-state index < -0.39 is 58.0 Å². The predicted molar refractivity (Wildman–Crippen MR) is 132 cm³/mol. The lowest BCUT2D eigenvalue weighted by molar-refractivity contribution is -0.153. The Kier molecular flexibility index (Phi) is 6.51. The van der Waals surface area contributed by atoms with Gasteiger partial charge in [0.2, 0.25) is 5.78 Å². The van der Waals surface area contributed by atoms with Gasteiger partial charge in [0, 0.05) is 17.9 Å². The number of amides is 1. The second-order valence-corrected chi connectivity index (χ2v) is 10.5. The van der Waals surface area contributed by atoms with E-state index in [0.29, 0.717) is 11.1 Å². The lowest BCUT2D eigenvalue weighted by atomic mass is 9.57. The van der Waals surface area contributed by atoms with Crippen LogP contribution in [0, 0.1) is 11.8 Å². The third kappa shape index (κ3) is 3.94. The number of hydrogen-bond acceptors (Lipinski definition) is 10. The molecule has 4 rings (SSSR count). The van der Waals surface area contributed by atoms with Crippen molar-refractivity contribution >= 4 is 29.0 Å². The van der Waals surface area contributed by atoms with Crippen LogP contribution in [-0.4, -0.2) is 99.9 Å². The second-order valence-electron chi connectivity index (χ2n) is 10.5. The summed E-state index contributed by atoms with van der Waals surface area (Å²) in [6.07, 6.45) is 0.182. The average Bonchev–Trinajstić information content (AvgIpc) is 2.77. The number of carbonyl (C=O) groups excluding carboxylic acids is 4. The number of Topliss-reactive ketones (excluding diaryl/α,β-unsaturated/α-hetero) is 3. The molecule has 1 amide bonds. The van der Waals surface area contributed by atoms with E-state index in [1.165, 1.54) is 11.0 Å². The Hall–Kier alpha value is -3.54. The van der Waals surface area contributed by atoms with Gasteiger partial charge in [-0.25, -0.2) is 0 Å². The molecular formula is C26H31N3O8. The first-order valence-corrected chi connectivity index (χ1v) is 11.9. The molecule has 37 heavy (non-hydrogen) atoms. The van der Waals surface area contributed by atoms with Crippen LogP contribution in [0.2, 0.25) is 0 Å². The Labute approximate surface area is 213 Å². The number of nitrogens with zero attached hydrogens (tertiary/aromatic N) is 2. The predicted octanol–water partition coefficient (Wildman–Crippen LogP) is -0.363. The molecule has 0 heterocycles. The van der Waals surface area contributed by atoms with Crippen LogP contribution >= 0.6 is 0 Å². The van der Waals surface area contributed by atoms with E-state index in [4.69, 9.17) is 5.73 Å². The first-order chi connectivity index (χ1) is 17.2. The van der Waals surface area contributed by atoms with E-state index >= 15 is 0 Å². The van der Waals surface area contributed by atoms with Crippen molar-refractivity contribution in [3.05, 3.63) is 45.7 Å². The largest absolute Gasteiger partial charge is 0.508 e. The lowest BCUT2D eigenvalue weighted by Crippen LogP contribution is -2.65. The van der Waals surface area contributed by atoms with Crippen molar-refractivity contribution in [1.29, 1.82) is 0 Å². The molecule has 198 valence electrons. The molecule has 3 aliphatic rings. The number of fused-ring (bicyclic) bond motifs is 3. The molecule has 3 aliphatic carbocycles. The summed E-state index contributed by atoms with van der Waals surface area (Å²) >= 11 is 0. The summed E-state index contributed by atoms with van der Waals surface area (Å²) in [7, 11) is 6.61. The molecule has 0 aromatic heterocycles. The summed E-state index contributed by atoms with van der Waals surface area (Å²) < 4.78 is 0. The van der Waals surface area contributed by atoms with Crippen molar-refractivity contribution in [2.45, 2.75) is 30.9 Å². The van der Waals surface area contributed by atoms with Crippen LogP contribution in [-0.2, 0) is 32.0 Å². The molecule has 0 unspecified atom stereocenters. The number of aromatic hydroxyl groups is 1. The van der Waals surface area contributed by atoms with Crippen LogP contribution < -0.4 is 5.73 Å². The summed E-state index contributed by atoms with van der Waals surface area (Å²) in [6.45, 7) is 0.195. The van der Waals surface area contributed by atoms with Crippen LogP contribution in [0.4, 0.5) is 0 Å². The van der Waals surface area contributed by atoms with Gasteiger partial charge in [-0.2, -0.15) is 0 Å². The molecule has 0 bridgehead atoms. The minimum absolute atomic E-state index is 0.00744. The molecule has 4 atom stereocenters. The Balaban J connectivity index is 1.89.